The summed E-state index contributed by atoms with van der Waals surface area (Å²) in [5, 5.41) is 0. The van der Waals surface area contributed by atoms with Crippen LogP contribution in [0.4, 0.5) is 0 Å². The molecule has 0 aromatic heterocycles. The predicted octanol–water partition coefficient (Wildman–Crippen LogP) is 3.50. The van der Waals surface area contributed by atoms with E-state index in [1.54, 1.807) is 0 Å². The van der Waals surface area contributed by atoms with Crippen molar-refractivity contribution in [3.8, 4) is 0 Å². The van der Waals surface area contributed by atoms with Crippen LogP contribution < -0.4 is 0 Å². The third-order valence-corrected chi connectivity index (χ3v) is 7.71. The summed E-state index contributed by atoms with van der Waals surface area (Å²) < 4.78 is 1.22. The van der Waals surface area contributed by atoms with Gasteiger partial charge in [-0.15, -0.1) is 0 Å². The van der Waals surface area contributed by atoms with Crippen LogP contribution >= 0.6 is 0 Å². The van der Waals surface area contributed by atoms with E-state index in [1.165, 1.54) is 30.0 Å². The van der Waals surface area contributed by atoms with Crippen LogP contribution in [0.15, 0.2) is 12.2 Å². The summed E-state index contributed by atoms with van der Waals surface area (Å²) in [5.41, 5.74) is 0. The van der Waals surface area contributed by atoms with E-state index in [0.717, 1.165) is 0 Å². The standard InChI is InChI=1S/C9H13O.3CH3.Sn/c1-8(7-10)9-5-3-2-4-6-9;;;;/h3,5,7-9H,1-2,4,6H2;3*1H3;. The van der Waals surface area contributed by atoms with E-state index in [2.05, 4.69) is 27.0 Å². The molecule has 0 heterocycles. The molecular weight excluding hydrogens is 279 g/mol. The van der Waals surface area contributed by atoms with Crippen molar-refractivity contribution in [2.75, 3.05) is 0 Å². The van der Waals surface area contributed by atoms with Crippen molar-refractivity contribution in [3.05, 3.63) is 12.2 Å². The first kappa shape index (κ1) is 12.3. The number of aldehydes is 1. The summed E-state index contributed by atoms with van der Waals surface area (Å²) in [6.45, 7) is 0. The molecule has 2 atom stereocenters. The van der Waals surface area contributed by atoms with E-state index < -0.39 is 18.4 Å². The first-order valence-corrected chi connectivity index (χ1v) is 16.2. The molecule has 1 aliphatic carbocycles. The Kier molecular flexibility index (Phi) is 4.68. The second kappa shape index (κ2) is 5.34. The molecule has 0 bridgehead atoms. The third-order valence-electron chi connectivity index (χ3n) is 2.86. The summed E-state index contributed by atoms with van der Waals surface area (Å²) in [5.74, 6) is 0.875. The van der Waals surface area contributed by atoms with Gasteiger partial charge >= 0.3 is 92.0 Å². The molecule has 1 aliphatic rings. The SMILES string of the molecule is [CH3][Sn]([CH3])([CH3])[CH2]C(C=O)C1C=CCCC1. The van der Waals surface area contributed by atoms with Gasteiger partial charge < -0.3 is 0 Å². The maximum atomic E-state index is 11.1. The molecule has 0 N–H and O–H groups in total. The van der Waals surface area contributed by atoms with Crippen molar-refractivity contribution >= 4 is 24.7 Å². The zero-order chi connectivity index (χ0) is 10.6. The summed E-state index contributed by atoms with van der Waals surface area (Å²) in [7, 11) is 0. The summed E-state index contributed by atoms with van der Waals surface area (Å²) >= 11 is -1.78. The van der Waals surface area contributed by atoms with Gasteiger partial charge in [0, 0.05) is 0 Å². The van der Waals surface area contributed by atoms with Gasteiger partial charge in [-0.1, -0.05) is 0 Å². The Labute approximate surface area is 91.8 Å². The van der Waals surface area contributed by atoms with Crippen LogP contribution in [0.25, 0.3) is 0 Å². The molecule has 1 rings (SSSR count). The van der Waals surface area contributed by atoms with Crippen LogP contribution in [0.2, 0.25) is 19.3 Å². The molecule has 1 nitrogen and oxygen atoms in total. The average molecular weight is 301 g/mol. The van der Waals surface area contributed by atoms with E-state index in [4.69, 9.17) is 0 Å². The Balaban J connectivity index is 2.56. The van der Waals surface area contributed by atoms with Crippen molar-refractivity contribution in [2.24, 2.45) is 11.8 Å². The van der Waals surface area contributed by atoms with E-state index in [0.29, 0.717) is 11.8 Å². The van der Waals surface area contributed by atoms with Crippen molar-refractivity contribution in [3.63, 3.8) is 0 Å². The molecule has 0 saturated heterocycles. The van der Waals surface area contributed by atoms with Crippen LogP contribution in [0.1, 0.15) is 19.3 Å². The molecule has 2 heteroatoms. The normalized spacial score (nSPS) is 24.6. The monoisotopic (exact) mass is 302 g/mol. The number of rotatable bonds is 4. The number of carbonyl (C=O) groups excluding carboxylic acids is 1. The zero-order valence-corrected chi connectivity index (χ0v) is 12.5. The van der Waals surface area contributed by atoms with Gasteiger partial charge in [-0.25, -0.2) is 0 Å². The van der Waals surface area contributed by atoms with Crippen molar-refractivity contribution in [1.82, 2.24) is 0 Å². The minimum atomic E-state index is -1.78. The summed E-state index contributed by atoms with van der Waals surface area (Å²) in [4.78, 5) is 18.3. The molecule has 0 saturated carbocycles. The Hall–Kier alpha value is 0.209. The number of hydrogen-bond acceptors (Lipinski definition) is 1. The molecule has 0 fully saturated rings. The summed E-state index contributed by atoms with van der Waals surface area (Å²) in [6.07, 6.45) is 9.44. The Morgan fingerprint density at radius 1 is 1.50 bits per heavy atom. The Morgan fingerprint density at radius 3 is 2.64 bits per heavy atom. The molecule has 80 valence electrons. The molecule has 0 radical (unpaired) electrons. The van der Waals surface area contributed by atoms with Gasteiger partial charge in [0.2, 0.25) is 0 Å². The van der Waals surface area contributed by atoms with Gasteiger partial charge in [0.25, 0.3) is 0 Å². The van der Waals surface area contributed by atoms with Gasteiger partial charge in [0.05, 0.1) is 0 Å². The van der Waals surface area contributed by atoms with Crippen LogP contribution in [-0.4, -0.2) is 24.7 Å². The fraction of sp³-hybridized carbons (Fsp3) is 0.750. The molecule has 0 aromatic rings. The van der Waals surface area contributed by atoms with Gasteiger partial charge in [0.15, 0.2) is 0 Å². The van der Waals surface area contributed by atoms with Gasteiger partial charge in [0.1, 0.15) is 0 Å². The predicted molar refractivity (Wildman–Crippen MR) is 64.2 cm³/mol. The minimum absolute atomic E-state index is 0.322. The molecular formula is C12H22OSn. The van der Waals surface area contributed by atoms with Crippen LogP contribution in [-0.2, 0) is 4.79 Å². The number of allylic oxidation sites excluding steroid dienone is 2. The average Bonchev–Trinajstić information content (AvgIpc) is 2.14. The molecule has 0 amide bonds. The molecule has 14 heavy (non-hydrogen) atoms. The fourth-order valence-electron chi connectivity index (χ4n) is 2.20. The van der Waals surface area contributed by atoms with Crippen LogP contribution in [0.3, 0.4) is 0 Å². The van der Waals surface area contributed by atoms with Gasteiger partial charge in [-0.2, -0.15) is 0 Å². The van der Waals surface area contributed by atoms with E-state index in [9.17, 15) is 4.79 Å². The number of hydrogen-bond donors (Lipinski definition) is 0. The van der Waals surface area contributed by atoms with Crippen LogP contribution in [0.5, 0.6) is 0 Å². The number of carbonyl (C=O) groups is 1. The first-order valence-electron chi connectivity index (χ1n) is 5.65. The van der Waals surface area contributed by atoms with E-state index in [1.807, 2.05) is 0 Å². The van der Waals surface area contributed by atoms with E-state index >= 15 is 0 Å². The molecule has 2 unspecified atom stereocenters. The third kappa shape index (κ3) is 4.16. The first-order chi connectivity index (χ1) is 6.53. The Morgan fingerprint density at radius 2 is 2.21 bits per heavy atom. The quantitative estimate of drug-likeness (QED) is 0.441. The van der Waals surface area contributed by atoms with Gasteiger partial charge in [-0.05, 0) is 0 Å². The van der Waals surface area contributed by atoms with Crippen molar-refractivity contribution in [1.29, 1.82) is 0 Å². The topological polar surface area (TPSA) is 17.1 Å². The van der Waals surface area contributed by atoms with Crippen LogP contribution in [0, 0.1) is 11.8 Å². The zero-order valence-electron chi connectivity index (χ0n) is 9.62. The second-order valence-electron chi connectivity index (χ2n) is 5.59. The second-order valence-corrected chi connectivity index (χ2v) is 21.4. The molecule has 0 aromatic carbocycles. The summed E-state index contributed by atoms with van der Waals surface area (Å²) in [6, 6.07) is 0. The molecule has 0 spiro atoms. The van der Waals surface area contributed by atoms with Crippen molar-refractivity contribution < 1.29 is 4.79 Å². The Bertz CT molecular complexity index is 215. The van der Waals surface area contributed by atoms with Gasteiger partial charge in [-0.3, -0.25) is 0 Å². The van der Waals surface area contributed by atoms with Crippen molar-refractivity contribution in [2.45, 2.75) is 38.5 Å². The fourth-order valence-corrected chi connectivity index (χ4v) is 7.38. The molecule has 0 aliphatic heterocycles. The van der Waals surface area contributed by atoms with E-state index in [-0.39, 0.29) is 0 Å². The maximum absolute atomic E-state index is 11.1.